The lowest BCUT2D eigenvalue weighted by atomic mass is 10.1. The Hall–Kier alpha value is -2.71. The third-order valence-corrected chi connectivity index (χ3v) is 7.20. The lowest BCUT2D eigenvalue weighted by molar-refractivity contribution is 0.0827. The summed E-state index contributed by atoms with van der Waals surface area (Å²) in [5.41, 5.74) is 2.04. The van der Waals surface area contributed by atoms with Gasteiger partial charge < -0.3 is 15.3 Å². The summed E-state index contributed by atoms with van der Waals surface area (Å²) >= 11 is 5.96. The van der Waals surface area contributed by atoms with Crippen LogP contribution in [0.4, 0.5) is 0 Å². The van der Waals surface area contributed by atoms with Gasteiger partial charge in [-0.25, -0.2) is 8.42 Å². The highest BCUT2D eigenvalue weighted by atomic mass is 35.5. The second kappa shape index (κ2) is 10.9. The molecule has 2 N–H and O–H groups in total. The first-order valence-electron chi connectivity index (χ1n) is 10.5. The van der Waals surface area contributed by atoms with Gasteiger partial charge in [0.2, 0.25) is 9.84 Å². The number of rotatable bonds is 9. The average molecular weight is 487 g/mol. The van der Waals surface area contributed by atoms with Crippen molar-refractivity contribution in [3.05, 3.63) is 94.5 Å². The van der Waals surface area contributed by atoms with Gasteiger partial charge in [0.15, 0.2) is 0 Å². The minimum Gasteiger partial charge on any atom is -0.387 e. The molecule has 6 nitrogen and oxygen atoms in total. The van der Waals surface area contributed by atoms with Crippen molar-refractivity contribution in [1.82, 2.24) is 10.2 Å². The first-order chi connectivity index (χ1) is 15.7. The van der Waals surface area contributed by atoms with Crippen LogP contribution in [0.15, 0.2) is 82.6 Å². The fourth-order valence-electron chi connectivity index (χ4n) is 3.33. The highest BCUT2D eigenvalue weighted by molar-refractivity contribution is 7.91. The smallest absolute Gasteiger partial charge is 0.253 e. The molecular weight excluding hydrogens is 460 g/mol. The number of aliphatic hydroxyl groups is 1. The van der Waals surface area contributed by atoms with E-state index < -0.39 is 15.9 Å². The molecule has 1 atom stereocenters. The van der Waals surface area contributed by atoms with Gasteiger partial charge in [-0.15, -0.1) is 0 Å². The standard InChI is InChI=1S/C25H27ClN2O4S/c1-28(2)25(30)20-6-4-8-23(16-20)33(31,32)22-11-9-18(10-12-22)13-14-27-17-24(29)19-5-3-7-21(26)15-19/h3-12,15-16,24,27,29H,13-14,17H2,1-2H3/t24-/m0/s1. The van der Waals surface area contributed by atoms with E-state index in [0.29, 0.717) is 30.1 Å². The lowest BCUT2D eigenvalue weighted by Crippen LogP contribution is -2.23. The van der Waals surface area contributed by atoms with E-state index in [9.17, 15) is 18.3 Å². The second-order valence-corrected chi connectivity index (χ2v) is 10.3. The van der Waals surface area contributed by atoms with Crippen LogP contribution in [0.5, 0.6) is 0 Å². The van der Waals surface area contributed by atoms with Gasteiger partial charge in [-0.3, -0.25) is 4.79 Å². The van der Waals surface area contributed by atoms with E-state index in [1.807, 2.05) is 6.07 Å². The lowest BCUT2D eigenvalue weighted by Gasteiger charge is -2.13. The van der Waals surface area contributed by atoms with Crippen molar-refractivity contribution in [2.24, 2.45) is 0 Å². The van der Waals surface area contributed by atoms with E-state index in [1.165, 1.54) is 17.0 Å². The van der Waals surface area contributed by atoms with Crippen LogP contribution in [0.1, 0.15) is 27.6 Å². The Morgan fingerprint density at radius 2 is 1.70 bits per heavy atom. The predicted octanol–water partition coefficient (Wildman–Crippen LogP) is 3.74. The van der Waals surface area contributed by atoms with Crippen molar-refractivity contribution < 1.29 is 18.3 Å². The van der Waals surface area contributed by atoms with E-state index in [-0.39, 0.29) is 15.7 Å². The molecule has 0 aliphatic heterocycles. The largest absolute Gasteiger partial charge is 0.387 e. The van der Waals surface area contributed by atoms with E-state index in [0.717, 1.165) is 11.1 Å². The summed E-state index contributed by atoms with van der Waals surface area (Å²) in [6, 6.07) is 19.9. The highest BCUT2D eigenvalue weighted by Crippen LogP contribution is 2.23. The number of nitrogens with one attached hydrogen (secondary N) is 1. The second-order valence-electron chi connectivity index (χ2n) is 7.90. The molecule has 33 heavy (non-hydrogen) atoms. The molecule has 0 fully saturated rings. The summed E-state index contributed by atoms with van der Waals surface area (Å²) in [7, 11) is -0.498. The van der Waals surface area contributed by atoms with Gasteiger partial charge in [-0.2, -0.15) is 0 Å². The number of carbonyl (C=O) groups excluding carboxylic acids is 1. The van der Waals surface area contributed by atoms with Crippen LogP contribution in [-0.2, 0) is 16.3 Å². The maximum absolute atomic E-state index is 13.0. The molecule has 0 heterocycles. The molecule has 3 aromatic rings. The van der Waals surface area contributed by atoms with Crippen molar-refractivity contribution in [2.75, 3.05) is 27.2 Å². The number of hydrogen-bond acceptors (Lipinski definition) is 5. The third kappa shape index (κ3) is 6.42. The topological polar surface area (TPSA) is 86.7 Å². The Balaban J connectivity index is 1.59. The number of sulfone groups is 1. The van der Waals surface area contributed by atoms with Crippen molar-refractivity contribution in [3.8, 4) is 0 Å². The molecular formula is C25H27ClN2O4S. The maximum atomic E-state index is 13.0. The normalized spacial score (nSPS) is 12.4. The van der Waals surface area contributed by atoms with Gasteiger partial charge in [-0.05, 0) is 66.6 Å². The number of nitrogens with zero attached hydrogens (tertiary/aromatic N) is 1. The van der Waals surface area contributed by atoms with Gasteiger partial charge in [0.1, 0.15) is 0 Å². The predicted molar refractivity (Wildman–Crippen MR) is 129 cm³/mol. The van der Waals surface area contributed by atoms with Crippen molar-refractivity contribution >= 4 is 27.3 Å². The van der Waals surface area contributed by atoms with Gasteiger partial charge in [0.25, 0.3) is 5.91 Å². The monoisotopic (exact) mass is 486 g/mol. The Bertz CT molecular complexity index is 1210. The van der Waals surface area contributed by atoms with E-state index >= 15 is 0 Å². The molecule has 8 heteroatoms. The first kappa shape index (κ1) is 24.9. The fraction of sp³-hybridized carbons (Fsp3) is 0.240. The minimum atomic E-state index is -3.74. The molecule has 0 aliphatic rings. The molecule has 1 amide bonds. The first-order valence-corrected chi connectivity index (χ1v) is 12.3. The summed E-state index contributed by atoms with van der Waals surface area (Å²) in [5.74, 6) is -0.254. The highest BCUT2D eigenvalue weighted by Gasteiger charge is 2.19. The third-order valence-electron chi connectivity index (χ3n) is 5.19. The van der Waals surface area contributed by atoms with Gasteiger partial charge in [-0.1, -0.05) is 41.9 Å². The average Bonchev–Trinajstić information content (AvgIpc) is 2.81. The number of aliphatic hydroxyl groups excluding tert-OH is 1. The zero-order chi connectivity index (χ0) is 24.0. The van der Waals surface area contributed by atoms with E-state index in [1.54, 1.807) is 68.7 Å². The Labute approximate surface area is 199 Å². The Morgan fingerprint density at radius 1 is 1.00 bits per heavy atom. The number of benzene rings is 3. The van der Waals surface area contributed by atoms with Gasteiger partial charge >= 0.3 is 0 Å². The Kier molecular flexibility index (Phi) is 8.26. The van der Waals surface area contributed by atoms with Gasteiger partial charge in [0, 0.05) is 31.2 Å². The molecule has 0 aliphatic carbocycles. The zero-order valence-corrected chi connectivity index (χ0v) is 20.1. The van der Waals surface area contributed by atoms with Crippen molar-refractivity contribution in [1.29, 1.82) is 0 Å². The van der Waals surface area contributed by atoms with E-state index in [4.69, 9.17) is 11.6 Å². The summed E-state index contributed by atoms with van der Waals surface area (Å²) < 4.78 is 26.0. The van der Waals surface area contributed by atoms with Crippen LogP contribution in [0.2, 0.25) is 5.02 Å². The molecule has 0 bridgehead atoms. The van der Waals surface area contributed by atoms with Crippen molar-refractivity contribution in [2.45, 2.75) is 22.3 Å². The maximum Gasteiger partial charge on any atom is 0.253 e. The SMILES string of the molecule is CN(C)C(=O)c1cccc(S(=O)(=O)c2ccc(CCNC[C@H](O)c3cccc(Cl)c3)cc2)c1. The summed E-state index contributed by atoms with van der Waals surface area (Å²) in [6.45, 7) is 1.01. The molecule has 0 radical (unpaired) electrons. The number of amides is 1. The van der Waals surface area contributed by atoms with Crippen molar-refractivity contribution in [3.63, 3.8) is 0 Å². The molecule has 0 aromatic heterocycles. The van der Waals surface area contributed by atoms with Crippen LogP contribution in [0.25, 0.3) is 0 Å². The van der Waals surface area contributed by atoms with Gasteiger partial charge in [0.05, 0.1) is 15.9 Å². The van der Waals surface area contributed by atoms with Crippen LogP contribution in [-0.4, -0.2) is 51.5 Å². The zero-order valence-electron chi connectivity index (χ0n) is 18.5. The molecule has 3 aromatic carbocycles. The van der Waals surface area contributed by atoms with Crippen LogP contribution in [0, 0.1) is 0 Å². The molecule has 0 spiro atoms. The van der Waals surface area contributed by atoms with E-state index in [2.05, 4.69) is 5.32 Å². The molecule has 0 saturated carbocycles. The molecule has 3 rings (SSSR count). The Morgan fingerprint density at radius 3 is 2.36 bits per heavy atom. The summed E-state index contributed by atoms with van der Waals surface area (Å²) in [4.78, 5) is 13.8. The van der Waals surface area contributed by atoms with Crippen LogP contribution in [0.3, 0.4) is 0 Å². The molecule has 0 unspecified atom stereocenters. The number of hydrogen-bond donors (Lipinski definition) is 2. The summed E-state index contributed by atoms with van der Waals surface area (Å²) in [6.07, 6.45) is 0.0152. The number of halogens is 1. The minimum absolute atomic E-state index is 0.0830. The van der Waals surface area contributed by atoms with Crippen LogP contribution >= 0.6 is 11.6 Å². The molecule has 0 saturated heterocycles. The van der Waals surface area contributed by atoms with Crippen LogP contribution < -0.4 is 5.32 Å². The molecule has 174 valence electrons. The quantitative estimate of drug-likeness (QED) is 0.450. The number of carbonyl (C=O) groups is 1. The fourth-order valence-corrected chi connectivity index (χ4v) is 4.83. The summed E-state index contributed by atoms with van der Waals surface area (Å²) in [5, 5.41) is 14.0.